The fourth-order valence-corrected chi connectivity index (χ4v) is 1.33. The standard InChI is InChI=1S/C11H17NO/c1-2-3-4-7-11(13)10-6-5-8-12-9-10/h5-6,8-9,11,13H,2-4,7H2,1H3/t11-/m0/s1. The third kappa shape index (κ3) is 3.55. The average Bonchev–Trinajstić information content (AvgIpc) is 2.19. The van der Waals surface area contributed by atoms with Crippen molar-refractivity contribution in [3.8, 4) is 0 Å². The van der Waals surface area contributed by atoms with Gasteiger partial charge in [0.25, 0.3) is 0 Å². The Morgan fingerprint density at radius 3 is 2.92 bits per heavy atom. The number of aromatic nitrogens is 1. The first-order valence-electron chi connectivity index (χ1n) is 4.92. The Kier molecular flexibility index (Phi) is 4.47. The Bertz CT molecular complexity index is 223. The van der Waals surface area contributed by atoms with Gasteiger partial charge in [-0.25, -0.2) is 0 Å². The van der Waals surface area contributed by atoms with Gasteiger partial charge in [-0.15, -0.1) is 0 Å². The molecule has 0 radical (unpaired) electrons. The topological polar surface area (TPSA) is 33.1 Å². The fourth-order valence-electron chi connectivity index (χ4n) is 1.33. The molecule has 0 bridgehead atoms. The minimum Gasteiger partial charge on any atom is -0.388 e. The zero-order valence-electron chi connectivity index (χ0n) is 8.11. The van der Waals surface area contributed by atoms with Crippen LogP contribution in [0.15, 0.2) is 24.5 Å². The van der Waals surface area contributed by atoms with E-state index in [1.807, 2.05) is 12.1 Å². The Labute approximate surface area is 79.6 Å². The summed E-state index contributed by atoms with van der Waals surface area (Å²) in [6.07, 6.45) is 7.45. The summed E-state index contributed by atoms with van der Waals surface area (Å²) in [5.41, 5.74) is 0.929. The molecular formula is C11H17NO. The number of aliphatic hydroxyl groups excluding tert-OH is 1. The Balaban J connectivity index is 2.35. The van der Waals surface area contributed by atoms with Crippen LogP contribution in [0.25, 0.3) is 0 Å². The zero-order valence-corrected chi connectivity index (χ0v) is 8.11. The monoisotopic (exact) mass is 179 g/mol. The van der Waals surface area contributed by atoms with Crippen LogP contribution in [0.3, 0.4) is 0 Å². The minimum atomic E-state index is -0.333. The van der Waals surface area contributed by atoms with Gasteiger partial charge in [0.1, 0.15) is 0 Å². The van der Waals surface area contributed by atoms with Crippen molar-refractivity contribution in [1.29, 1.82) is 0 Å². The number of aliphatic hydroxyl groups is 1. The lowest BCUT2D eigenvalue weighted by Gasteiger charge is -2.09. The van der Waals surface area contributed by atoms with Gasteiger partial charge in [0.05, 0.1) is 6.10 Å². The second-order valence-corrected chi connectivity index (χ2v) is 3.30. The average molecular weight is 179 g/mol. The van der Waals surface area contributed by atoms with E-state index in [1.165, 1.54) is 12.8 Å². The van der Waals surface area contributed by atoms with Gasteiger partial charge in [-0.05, 0) is 18.1 Å². The molecule has 0 spiro atoms. The highest BCUT2D eigenvalue weighted by molar-refractivity contribution is 5.11. The Morgan fingerprint density at radius 1 is 1.46 bits per heavy atom. The molecule has 0 fully saturated rings. The van der Waals surface area contributed by atoms with Crippen molar-refractivity contribution in [2.24, 2.45) is 0 Å². The molecule has 0 unspecified atom stereocenters. The van der Waals surface area contributed by atoms with E-state index in [0.717, 1.165) is 18.4 Å². The Morgan fingerprint density at radius 2 is 2.31 bits per heavy atom. The molecule has 0 saturated heterocycles. The van der Waals surface area contributed by atoms with Crippen LogP contribution in [-0.4, -0.2) is 10.1 Å². The van der Waals surface area contributed by atoms with E-state index in [-0.39, 0.29) is 6.10 Å². The highest BCUT2D eigenvalue weighted by Crippen LogP contribution is 2.17. The highest BCUT2D eigenvalue weighted by Gasteiger charge is 2.05. The molecule has 13 heavy (non-hydrogen) atoms. The Hall–Kier alpha value is -0.890. The summed E-state index contributed by atoms with van der Waals surface area (Å²) in [5.74, 6) is 0. The first kappa shape index (κ1) is 10.2. The maximum atomic E-state index is 9.71. The molecule has 1 N–H and O–H groups in total. The summed E-state index contributed by atoms with van der Waals surface area (Å²) in [5, 5.41) is 9.71. The summed E-state index contributed by atoms with van der Waals surface area (Å²) in [4.78, 5) is 3.97. The molecule has 0 saturated carbocycles. The van der Waals surface area contributed by atoms with E-state index < -0.39 is 0 Å². The van der Waals surface area contributed by atoms with Gasteiger partial charge in [0, 0.05) is 12.4 Å². The van der Waals surface area contributed by atoms with Gasteiger partial charge in [0.15, 0.2) is 0 Å². The third-order valence-corrected chi connectivity index (χ3v) is 2.15. The normalized spacial score (nSPS) is 12.8. The van der Waals surface area contributed by atoms with Crippen LogP contribution in [0.2, 0.25) is 0 Å². The first-order chi connectivity index (χ1) is 6.34. The number of pyridine rings is 1. The van der Waals surface area contributed by atoms with Crippen molar-refractivity contribution in [3.05, 3.63) is 30.1 Å². The summed E-state index contributed by atoms with van der Waals surface area (Å²) in [7, 11) is 0. The molecule has 72 valence electrons. The molecule has 1 heterocycles. The molecule has 1 aromatic heterocycles. The van der Waals surface area contributed by atoms with E-state index in [1.54, 1.807) is 12.4 Å². The van der Waals surface area contributed by atoms with E-state index in [2.05, 4.69) is 11.9 Å². The van der Waals surface area contributed by atoms with Gasteiger partial charge < -0.3 is 5.11 Å². The predicted molar refractivity (Wildman–Crippen MR) is 53.3 cm³/mol. The van der Waals surface area contributed by atoms with Crippen LogP contribution in [0.5, 0.6) is 0 Å². The van der Waals surface area contributed by atoms with Gasteiger partial charge in [-0.3, -0.25) is 4.98 Å². The van der Waals surface area contributed by atoms with Gasteiger partial charge in [-0.1, -0.05) is 32.3 Å². The van der Waals surface area contributed by atoms with Crippen molar-refractivity contribution >= 4 is 0 Å². The quantitative estimate of drug-likeness (QED) is 0.705. The first-order valence-corrected chi connectivity index (χ1v) is 4.92. The predicted octanol–water partition coefficient (Wildman–Crippen LogP) is 2.70. The van der Waals surface area contributed by atoms with Gasteiger partial charge in [0.2, 0.25) is 0 Å². The summed E-state index contributed by atoms with van der Waals surface area (Å²) >= 11 is 0. The van der Waals surface area contributed by atoms with Gasteiger partial charge in [-0.2, -0.15) is 0 Å². The second kappa shape index (κ2) is 5.70. The summed E-state index contributed by atoms with van der Waals surface area (Å²) < 4.78 is 0. The fraction of sp³-hybridized carbons (Fsp3) is 0.545. The number of nitrogens with zero attached hydrogens (tertiary/aromatic N) is 1. The van der Waals surface area contributed by atoms with Crippen LogP contribution >= 0.6 is 0 Å². The highest BCUT2D eigenvalue weighted by atomic mass is 16.3. The molecule has 0 aliphatic rings. The lowest BCUT2D eigenvalue weighted by atomic mass is 10.1. The lowest BCUT2D eigenvalue weighted by Crippen LogP contribution is -1.97. The molecule has 2 heteroatoms. The van der Waals surface area contributed by atoms with E-state index in [0.29, 0.717) is 0 Å². The smallest absolute Gasteiger partial charge is 0.0804 e. The molecule has 0 amide bonds. The van der Waals surface area contributed by atoms with Crippen LogP contribution in [0, 0.1) is 0 Å². The zero-order chi connectivity index (χ0) is 9.52. The summed E-state index contributed by atoms with van der Waals surface area (Å²) in [6, 6.07) is 3.78. The van der Waals surface area contributed by atoms with Crippen molar-refractivity contribution in [1.82, 2.24) is 4.98 Å². The molecule has 2 nitrogen and oxygen atoms in total. The molecule has 0 aliphatic carbocycles. The van der Waals surface area contributed by atoms with Crippen molar-refractivity contribution < 1.29 is 5.11 Å². The largest absolute Gasteiger partial charge is 0.388 e. The maximum absolute atomic E-state index is 9.71. The van der Waals surface area contributed by atoms with Gasteiger partial charge >= 0.3 is 0 Å². The molecule has 1 rings (SSSR count). The number of hydrogen-bond acceptors (Lipinski definition) is 2. The van der Waals surface area contributed by atoms with E-state index >= 15 is 0 Å². The van der Waals surface area contributed by atoms with Crippen LogP contribution in [-0.2, 0) is 0 Å². The van der Waals surface area contributed by atoms with Crippen LogP contribution in [0.1, 0.15) is 44.3 Å². The molecule has 0 aromatic carbocycles. The molecular weight excluding hydrogens is 162 g/mol. The number of hydrogen-bond donors (Lipinski definition) is 1. The number of unbranched alkanes of at least 4 members (excludes halogenated alkanes) is 2. The van der Waals surface area contributed by atoms with Crippen LogP contribution in [0.4, 0.5) is 0 Å². The molecule has 0 aliphatic heterocycles. The van der Waals surface area contributed by atoms with Crippen molar-refractivity contribution in [2.45, 2.75) is 38.7 Å². The van der Waals surface area contributed by atoms with Crippen molar-refractivity contribution in [3.63, 3.8) is 0 Å². The second-order valence-electron chi connectivity index (χ2n) is 3.30. The summed E-state index contributed by atoms with van der Waals surface area (Å²) in [6.45, 7) is 2.16. The minimum absolute atomic E-state index is 0.333. The molecule has 1 aromatic rings. The number of rotatable bonds is 5. The SMILES string of the molecule is CCCCC[C@H](O)c1cccnc1. The van der Waals surface area contributed by atoms with E-state index in [4.69, 9.17) is 0 Å². The lowest BCUT2D eigenvalue weighted by molar-refractivity contribution is 0.163. The molecule has 1 atom stereocenters. The van der Waals surface area contributed by atoms with E-state index in [9.17, 15) is 5.11 Å². The van der Waals surface area contributed by atoms with Crippen LogP contribution < -0.4 is 0 Å². The van der Waals surface area contributed by atoms with Crippen molar-refractivity contribution in [2.75, 3.05) is 0 Å². The maximum Gasteiger partial charge on any atom is 0.0804 e. The third-order valence-electron chi connectivity index (χ3n) is 2.15.